The molecule has 106 valence electrons. The van der Waals surface area contributed by atoms with E-state index in [0.717, 1.165) is 5.69 Å². The van der Waals surface area contributed by atoms with Crippen LogP contribution >= 0.6 is 0 Å². The first-order valence-corrected chi connectivity index (χ1v) is 6.60. The fourth-order valence-electron chi connectivity index (χ4n) is 1.92. The molecule has 0 fully saturated rings. The number of hydrogen-bond donors (Lipinski definition) is 1. The molecule has 0 aliphatic carbocycles. The van der Waals surface area contributed by atoms with E-state index in [1.807, 2.05) is 31.2 Å². The highest BCUT2D eigenvalue weighted by Crippen LogP contribution is 2.17. The Morgan fingerprint density at radius 1 is 1.14 bits per heavy atom. The minimum Gasteiger partial charge on any atom is -0.376 e. The van der Waals surface area contributed by atoms with Gasteiger partial charge in [-0.25, -0.2) is 4.39 Å². The second-order valence-corrected chi connectivity index (χ2v) is 4.74. The van der Waals surface area contributed by atoms with Gasteiger partial charge >= 0.3 is 0 Å². The number of anilines is 1. The van der Waals surface area contributed by atoms with Crippen LogP contribution in [0.3, 0.4) is 0 Å². The van der Waals surface area contributed by atoms with E-state index in [0.29, 0.717) is 23.8 Å². The van der Waals surface area contributed by atoms with Gasteiger partial charge in [-0.15, -0.1) is 0 Å². The van der Waals surface area contributed by atoms with E-state index in [9.17, 15) is 4.39 Å². The summed E-state index contributed by atoms with van der Waals surface area (Å²) in [5, 5.41) is 7.06. The highest BCUT2D eigenvalue weighted by atomic mass is 19.1. The third-order valence-electron chi connectivity index (χ3n) is 3.05. The first-order chi connectivity index (χ1) is 10.2. The average Bonchev–Trinajstić information content (AvgIpc) is 2.96. The van der Waals surface area contributed by atoms with Gasteiger partial charge in [-0.2, -0.15) is 4.98 Å². The Hall–Kier alpha value is -2.69. The molecule has 2 aromatic carbocycles. The Morgan fingerprint density at radius 3 is 2.71 bits per heavy atom. The van der Waals surface area contributed by atoms with E-state index in [2.05, 4.69) is 15.5 Å². The molecule has 1 heterocycles. The molecular weight excluding hydrogens is 269 g/mol. The molecule has 3 rings (SSSR count). The fraction of sp³-hybridized carbons (Fsp3) is 0.125. The summed E-state index contributed by atoms with van der Waals surface area (Å²) in [6.45, 7) is 2.46. The SMILES string of the molecule is Cc1ccc(NCc2nc(-c3cccc(F)c3)no2)cc1. The summed E-state index contributed by atoms with van der Waals surface area (Å²) in [5.74, 6) is 0.515. The molecule has 0 amide bonds. The number of rotatable bonds is 4. The zero-order chi connectivity index (χ0) is 14.7. The van der Waals surface area contributed by atoms with E-state index in [4.69, 9.17) is 4.52 Å². The predicted octanol–water partition coefficient (Wildman–Crippen LogP) is 3.80. The van der Waals surface area contributed by atoms with Crippen LogP contribution in [0.2, 0.25) is 0 Å². The fourth-order valence-corrected chi connectivity index (χ4v) is 1.92. The minimum atomic E-state index is -0.323. The molecule has 1 aromatic heterocycles. The summed E-state index contributed by atoms with van der Waals surface area (Å²) in [4.78, 5) is 4.25. The molecule has 0 atom stereocenters. The monoisotopic (exact) mass is 283 g/mol. The lowest BCUT2D eigenvalue weighted by Gasteiger charge is -2.02. The zero-order valence-corrected chi connectivity index (χ0v) is 11.5. The van der Waals surface area contributed by atoms with Crippen LogP contribution in [0.15, 0.2) is 53.1 Å². The van der Waals surface area contributed by atoms with Crippen LogP contribution in [0.25, 0.3) is 11.4 Å². The third-order valence-corrected chi connectivity index (χ3v) is 3.05. The quantitative estimate of drug-likeness (QED) is 0.791. The molecule has 1 N–H and O–H groups in total. The summed E-state index contributed by atoms with van der Waals surface area (Å²) in [5.41, 5.74) is 2.78. The summed E-state index contributed by atoms with van der Waals surface area (Å²) in [6.07, 6.45) is 0. The smallest absolute Gasteiger partial charge is 0.246 e. The normalized spacial score (nSPS) is 10.6. The van der Waals surface area contributed by atoms with Gasteiger partial charge in [-0.1, -0.05) is 35.0 Å². The molecule has 4 nitrogen and oxygen atoms in total. The Bertz CT molecular complexity index is 737. The Kier molecular flexibility index (Phi) is 3.64. The summed E-state index contributed by atoms with van der Waals surface area (Å²) in [6, 6.07) is 14.1. The number of halogens is 1. The maximum absolute atomic E-state index is 13.2. The van der Waals surface area contributed by atoms with Crippen LogP contribution < -0.4 is 5.32 Å². The average molecular weight is 283 g/mol. The molecule has 5 heteroatoms. The lowest BCUT2D eigenvalue weighted by Crippen LogP contribution is -1.99. The molecule has 0 bridgehead atoms. The van der Waals surface area contributed by atoms with Crippen molar-refractivity contribution in [3.05, 3.63) is 65.8 Å². The molecule has 0 aliphatic heterocycles. The molecule has 0 unspecified atom stereocenters. The van der Waals surface area contributed by atoms with Crippen molar-refractivity contribution in [1.29, 1.82) is 0 Å². The second kappa shape index (κ2) is 5.75. The van der Waals surface area contributed by atoms with Crippen molar-refractivity contribution in [2.45, 2.75) is 13.5 Å². The van der Waals surface area contributed by atoms with Crippen LogP contribution in [0.1, 0.15) is 11.5 Å². The zero-order valence-electron chi connectivity index (χ0n) is 11.5. The van der Waals surface area contributed by atoms with Crippen molar-refractivity contribution in [3.8, 4) is 11.4 Å². The van der Waals surface area contributed by atoms with Crippen LogP contribution in [0.5, 0.6) is 0 Å². The first-order valence-electron chi connectivity index (χ1n) is 6.60. The van der Waals surface area contributed by atoms with Crippen molar-refractivity contribution in [1.82, 2.24) is 10.1 Å². The first kappa shape index (κ1) is 13.3. The van der Waals surface area contributed by atoms with Crippen LogP contribution in [0, 0.1) is 12.7 Å². The molecular formula is C16H14FN3O. The van der Waals surface area contributed by atoms with Crippen LogP contribution in [0.4, 0.5) is 10.1 Å². The highest BCUT2D eigenvalue weighted by molar-refractivity contribution is 5.54. The molecule has 21 heavy (non-hydrogen) atoms. The Balaban J connectivity index is 1.69. The van der Waals surface area contributed by atoms with Crippen molar-refractivity contribution in [2.75, 3.05) is 5.32 Å². The number of nitrogens with zero attached hydrogens (tertiary/aromatic N) is 2. The molecule has 0 aliphatic rings. The largest absolute Gasteiger partial charge is 0.376 e. The van der Waals surface area contributed by atoms with Crippen molar-refractivity contribution < 1.29 is 8.91 Å². The second-order valence-electron chi connectivity index (χ2n) is 4.74. The lowest BCUT2D eigenvalue weighted by atomic mass is 10.2. The number of nitrogens with one attached hydrogen (secondary N) is 1. The highest BCUT2D eigenvalue weighted by Gasteiger charge is 2.09. The van der Waals surface area contributed by atoms with E-state index < -0.39 is 0 Å². The van der Waals surface area contributed by atoms with Crippen LogP contribution in [-0.4, -0.2) is 10.1 Å². The van der Waals surface area contributed by atoms with Crippen molar-refractivity contribution in [3.63, 3.8) is 0 Å². The number of hydrogen-bond acceptors (Lipinski definition) is 4. The van der Waals surface area contributed by atoms with E-state index in [1.165, 1.54) is 17.7 Å². The van der Waals surface area contributed by atoms with Gasteiger partial charge in [0.25, 0.3) is 0 Å². The van der Waals surface area contributed by atoms with Gasteiger partial charge in [-0.05, 0) is 31.2 Å². The minimum absolute atomic E-state index is 0.323. The molecule has 0 saturated heterocycles. The molecule has 0 spiro atoms. The maximum atomic E-state index is 13.2. The summed E-state index contributed by atoms with van der Waals surface area (Å²) < 4.78 is 18.3. The van der Waals surface area contributed by atoms with Crippen LogP contribution in [-0.2, 0) is 6.54 Å². The number of aryl methyl sites for hydroxylation is 1. The van der Waals surface area contributed by atoms with Gasteiger partial charge < -0.3 is 9.84 Å². The Labute approximate surface area is 121 Å². The molecule has 3 aromatic rings. The molecule has 0 radical (unpaired) electrons. The van der Waals surface area contributed by atoms with Gasteiger partial charge in [0.05, 0.1) is 6.54 Å². The lowest BCUT2D eigenvalue weighted by molar-refractivity contribution is 0.384. The topological polar surface area (TPSA) is 51.0 Å². The van der Waals surface area contributed by atoms with Gasteiger partial charge in [0.15, 0.2) is 0 Å². The standard InChI is InChI=1S/C16H14FN3O/c1-11-5-7-14(8-6-11)18-10-15-19-16(20-21-15)12-3-2-4-13(17)9-12/h2-9,18H,10H2,1H3. The van der Waals surface area contributed by atoms with E-state index >= 15 is 0 Å². The molecule has 0 saturated carbocycles. The van der Waals surface area contributed by atoms with Crippen molar-refractivity contribution in [2.24, 2.45) is 0 Å². The van der Waals surface area contributed by atoms with Gasteiger partial charge in [-0.3, -0.25) is 0 Å². The van der Waals surface area contributed by atoms with Gasteiger partial charge in [0.1, 0.15) is 5.82 Å². The van der Waals surface area contributed by atoms with E-state index in [1.54, 1.807) is 12.1 Å². The summed E-state index contributed by atoms with van der Waals surface area (Å²) >= 11 is 0. The van der Waals surface area contributed by atoms with Gasteiger partial charge in [0, 0.05) is 11.3 Å². The Morgan fingerprint density at radius 2 is 1.95 bits per heavy atom. The van der Waals surface area contributed by atoms with Crippen molar-refractivity contribution >= 4 is 5.69 Å². The predicted molar refractivity (Wildman–Crippen MR) is 78.2 cm³/mol. The number of aromatic nitrogens is 2. The maximum Gasteiger partial charge on any atom is 0.246 e. The number of benzene rings is 2. The van der Waals surface area contributed by atoms with E-state index in [-0.39, 0.29) is 5.82 Å². The summed E-state index contributed by atoms with van der Waals surface area (Å²) in [7, 11) is 0. The third kappa shape index (κ3) is 3.25. The van der Waals surface area contributed by atoms with Gasteiger partial charge in [0.2, 0.25) is 11.7 Å².